The van der Waals surface area contributed by atoms with Crippen molar-refractivity contribution in [2.24, 2.45) is 0 Å². The zero-order valence-corrected chi connectivity index (χ0v) is 12.6. The van der Waals surface area contributed by atoms with Crippen LogP contribution >= 0.6 is 0 Å². The minimum Gasteiger partial charge on any atom is -0.496 e. The van der Waals surface area contributed by atoms with Crippen LogP contribution in [0.15, 0.2) is 36.4 Å². The molecule has 4 nitrogen and oxygen atoms in total. The molecule has 0 fully saturated rings. The molecular formula is C17H18O4. The van der Waals surface area contributed by atoms with Crippen LogP contribution in [0.2, 0.25) is 0 Å². The van der Waals surface area contributed by atoms with Crippen LogP contribution in [0.25, 0.3) is 10.8 Å². The monoisotopic (exact) mass is 286 g/mol. The summed E-state index contributed by atoms with van der Waals surface area (Å²) >= 11 is 0. The second kappa shape index (κ2) is 5.87. The fourth-order valence-electron chi connectivity index (χ4n) is 2.06. The first kappa shape index (κ1) is 14.9. The van der Waals surface area contributed by atoms with E-state index in [0.29, 0.717) is 22.8 Å². The number of carbonyl (C=O) groups is 1. The van der Waals surface area contributed by atoms with Crippen LogP contribution in [0.1, 0.15) is 12.5 Å². The maximum Gasteiger partial charge on any atom is 0.338 e. The first-order chi connectivity index (χ1) is 9.97. The molecule has 0 aliphatic rings. The second-order valence-corrected chi connectivity index (χ2v) is 4.83. The van der Waals surface area contributed by atoms with E-state index in [1.54, 1.807) is 20.1 Å². The van der Waals surface area contributed by atoms with E-state index in [9.17, 15) is 4.79 Å². The maximum atomic E-state index is 11.8. The van der Waals surface area contributed by atoms with Gasteiger partial charge in [-0.2, -0.15) is 0 Å². The van der Waals surface area contributed by atoms with Gasteiger partial charge in [0.05, 0.1) is 14.2 Å². The summed E-state index contributed by atoms with van der Waals surface area (Å²) < 4.78 is 16.1. The molecule has 2 aromatic carbocycles. The van der Waals surface area contributed by atoms with Crippen molar-refractivity contribution >= 4 is 16.7 Å². The molecule has 0 saturated carbocycles. The van der Waals surface area contributed by atoms with Gasteiger partial charge in [-0.1, -0.05) is 24.3 Å². The van der Waals surface area contributed by atoms with Crippen molar-refractivity contribution in [1.29, 1.82) is 0 Å². The highest BCUT2D eigenvalue weighted by Gasteiger charge is 2.18. The summed E-state index contributed by atoms with van der Waals surface area (Å²) in [6.45, 7) is 7.19. The zero-order chi connectivity index (χ0) is 15.6. The lowest BCUT2D eigenvalue weighted by Crippen LogP contribution is -2.09. The van der Waals surface area contributed by atoms with Crippen molar-refractivity contribution in [3.63, 3.8) is 0 Å². The normalized spacial score (nSPS) is 10.3. The fraction of sp³-hybridized carbons (Fsp3) is 0.235. The Morgan fingerprint density at radius 1 is 1.05 bits per heavy atom. The molecule has 2 aromatic rings. The molecular weight excluding hydrogens is 268 g/mol. The molecule has 21 heavy (non-hydrogen) atoms. The molecule has 0 atom stereocenters. The van der Waals surface area contributed by atoms with Gasteiger partial charge in [0.25, 0.3) is 0 Å². The van der Waals surface area contributed by atoms with Gasteiger partial charge in [0.2, 0.25) is 0 Å². The molecule has 0 aliphatic carbocycles. The van der Waals surface area contributed by atoms with Crippen LogP contribution in [0, 0.1) is 6.92 Å². The number of carbonyl (C=O) groups excluding carboxylic acids is 1. The quantitative estimate of drug-likeness (QED) is 0.489. The largest absolute Gasteiger partial charge is 0.496 e. The van der Waals surface area contributed by atoms with E-state index in [2.05, 4.69) is 6.58 Å². The number of esters is 1. The summed E-state index contributed by atoms with van der Waals surface area (Å²) in [6, 6.07) is 7.52. The molecule has 0 aliphatic heterocycles. The maximum absolute atomic E-state index is 11.8. The van der Waals surface area contributed by atoms with E-state index in [-0.39, 0.29) is 0 Å². The number of ether oxygens (including phenoxy) is 3. The van der Waals surface area contributed by atoms with E-state index < -0.39 is 5.97 Å². The van der Waals surface area contributed by atoms with Gasteiger partial charge in [-0.3, -0.25) is 0 Å². The Hall–Kier alpha value is -2.49. The van der Waals surface area contributed by atoms with Crippen molar-refractivity contribution in [3.05, 3.63) is 42.0 Å². The van der Waals surface area contributed by atoms with Gasteiger partial charge < -0.3 is 14.2 Å². The summed E-state index contributed by atoms with van der Waals surface area (Å²) in [5.41, 5.74) is 1.41. The lowest BCUT2D eigenvalue weighted by atomic mass is 10.0. The molecule has 0 spiro atoms. The van der Waals surface area contributed by atoms with E-state index in [4.69, 9.17) is 14.2 Å². The molecule has 0 bridgehead atoms. The second-order valence-electron chi connectivity index (χ2n) is 4.83. The molecule has 0 amide bonds. The number of aryl methyl sites for hydroxylation is 1. The molecule has 0 saturated heterocycles. The van der Waals surface area contributed by atoms with Crippen LogP contribution in [0.5, 0.6) is 17.2 Å². The molecule has 0 N–H and O–H groups in total. The third kappa shape index (κ3) is 2.84. The van der Waals surface area contributed by atoms with Crippen LogP contribution in [0.3, 0.4) is 0 Å². The van der Waals surface area contributed by atoms with Crippen LogP contribution in [0.4, 0.5) is 0 Å². The van der Waals surface area contributed by atoms with Gasteiger partial charge in [-0.05, 0) is 19.9 Å². The van der Waals surface area contributed by atoms with Gasteiger partial charge in [-0.15, -0.1) is 0 Å². The van der Waals surface area contributed by atoms with Crippen LogP contribution in [-0.4, -0.2) is 20.2 Å². The van der Waals surface area contributed by atoms with Crippen molar-refractivity contribution < 1.29 is 19.0 Å². The Labute approximate surface area is 123 Å². The summed E-state index contributed by atoms with van der Waals surface area (Å²) in [5, 5.41) is 1.62. The molecule has 110 valence electrons. The topological polar surface area (TPSA) is 44.8 Å². The Morgan fingerprint density at radius 2 is 1.71 bits per heavy atom. The average Bonchev–Trinajstić information content (AvgIpc) is 2.46. The van der Waals surface area contributed by atoms with E-state index in [1.807, 2.05) is 25.1 Å². The average molecular weight is 286 g/mol. The van der Waals surface area contributed by atoms with Crippen molar-refractivity contribution in [2.75, 3.05) is 14.2 Å². The van der Waals surface area contributed by atoms with Crippen molar-refractivity contribution in [1.82, 2.24) is 0 Å². The first-order valence-electron chi connectivity index (χ1n) is 6.51. The molecule has 0 unspecified atom stereocenters. The highest BCUT2D eigenvalue weighted by Crippen LogP contribution is 2.42. The smallest absolute Gasteiger partial charge is 0.338 e. The SMILES string of the molecule is C=C(C)C(=O)Oc1c(OC)cc(OC)c2cc(C)ccc12. The van der Waals surface area contributed by atoms with Gasteiger partial charge >= 0.3 is 5.97 Å². The minimum absolute atomic E-state index is 0.327. The van der Waals surface area contributed by atoms with Gasteiger partial charge in [0, 0.05) is 22.4 Å². The first-order valence-corrected chi connectivity index (χ1v) is 6.51. The Bertz CT molecular complexity index is 716. The number of hydrogen-bond donors (Lipinski definition) is 0. The number of benzene rings is 2. The van der Waals surface area contributed by atoms with E-state index in [1.165, 1.54) is 7.11 Å². The number of methoxy groups -OCH3 is 2. The molecule has 2 rings (SSSR count). The standard InChI is InChI=1S/C17H18O4/c1-10(2)17(18)21-16-12-7-6-11(3)8-13(12)14(19-4)9-15(16)20-5/h6-9H,1H2,2-5H3. The lowest BCUT2D eigenvalue weighted by Gasteiger charge is -2.15. The third-order valence-electron chi connectivity index (χ3n) is 3.15. The summed E-state index contributed by atoms with van der Waals surface area (Å²) in [7, 11) is 3.11. The predicted molar refractivity (Wildman–Crippen MR) is 82.2 cm³/mol. The molecule has 0 radical (unpaired) electrons. The Balaban J connectivity index is 2.72. The van der Waals surface area contributed by atoms with Crippen molar-refractivity contribution in [3.8, 4) is 17.2 Å². The highest BCUT2D eigenvalue weighted by atomic mass is 16.6. The summed E-state index contributed by atoms with van der Waals surface area (Å²) in [6.07, 6.45) is 0. The third-order valence-corrected chi connectivity index (χ3v) is 3.15. The Kier molecular flexibility index (Phi) is 4.17. The van der Waals surface area contributed by atoms with Gasteiger partial charge in [0.15, 0.2) is 11.5 Å². The van der Waals surface area contributed by atoms with Crippen LogP contribution in [-0.2, 0) is 4.79 Å². The van der Waals surface area contributed by atoms with Gasteiger partial charge in [0.1, 0.15) is 5.75 Å². The highest BCUT2D eigenvalue weighted by molar-refractivity contribution is 5.99. The van der Waals surface area contributed by atoms with Crippen molar-refractivity contribution in [2.45, 2.75) is 13.8 Å². The number of rotatable bonds is 4. The fourth-order valence-corrected chi connectivity index (χ4v) is 2.06. The molecule has 4 heteroatoms. The number of fused-ring (bicyclic) bond motifs is 1. The molecule has 0 heterocycles. The summed E-state index contributed by atoms with van der Waals surface area (Å²) in [4.78, 5) is 11.8. The minimum atomic E-state index is -0.486. The van der Waals surface area contributed by atoms with E-state index >= 15 is 0 Å². The lowest BCUT2D eigenvalue weighted by molar-refractivity contribution is -0.130. The molecule has 0 aromatic heterocycles. The zero-order valence-electron chi connectivity index (χ0n) is 12.6. The Morgan fingerprint density at radius 3 is 2.29 bits per heavy atom. The van der Waals surface area contributed by atoms with Crippen LogP contribution < -0.4 is 14.2 Å². The summed E-state index contributed by atoms with van der Waals surface area (Å²) in [5.74, 6) is 1.00. The van der Waals surface area contributed by atoms with E-state index in [0.717, 1.165) is 16.3 Å². The number of hydrogen-bond acceptors (Lipinski definition) is 4. The van der Waals surface area contributed by atoms with Gasteiger partial charge in [-0.25, -0.2) is 4.79 Å². The predicted octanol–water partition coefficient (Wildman–Crippen LogP) is 3.65.